The SMILES string of the molecule is CC1CCN(C(=O)N2CCCC2)C1CO. The second-order valence-electron chi connectivity index (χ2n) is 4.69. The van der Waals surface area contributed by atoms with E-state index in [0.29, 0.717) is 5.92 Å². The predicted octanol–water partition coefficient (Wildman–Crippen LogP) is 0.905. The van der Waals surface area contributed by atoms with Gasteiger partial charge in [0, 0.05) is 19.6 Å². The van der Waals surface area contributed by atoms with Crippen LogP contribution in [0.1, 0.15) is 26.2 Å². The molecule has 2 heterocycles. The molecule has 0 spiro atoms. The lowest BCUT2D eigenvalue weighted by Gasteiger charge is -2.29. The van der Waals surface area contributed by atoms with Crippen LogP contribution in [0.25, 0.3) is 0 Å². The van der Waals surface area contributed by atoms with E-state index in [0.717, 1.165) is 38.9 Å². The Morgan fingerprint density at radius 3 is 2.60 bits per heavy atom. The number of amides is 2. The maximum Gasteiger partial charge on any atom is 0.320 e. The minimum absolute atomic E-state index is 0.0399. The minimum atomic E-state index is 0.0399. The number of carbonyl (C=O) groups is 1. The van der Waals surface area contributed by atoms with Crippen LogP contribution in [0.3, 0.4) is 0 Å². The molecule has 2 amide bonds. The van der Waals surface area contributed by atoms with Crippen LogP contribution in [0.15, 0.2) is 0 Å². The van der Waals surface area contributed by atoms with E-state index in [4.69, 9.17) is 0 Å². The quantitative estimate of drug-likeness (QED) is 0.702. The van der Waals surface area contributed by atoms with Crippen LogP contribution in [0.4, 0.5) is 4.79 Å². The number of hydrogen-bond acceptors (Lipinski definition) is 2. The van der Waals surface area contributed by atoms with E-state index in [-0.39, 0.29) is 18.7 Å². The van der Waals surface area contributed by atoms with E-state index < -0.39 is 0 Å². The molecule has 4 heteroatoms. The molecular formula is C11H20N2O2. The predicted molar refractivity (Wildman–Crippen MR) is 57.6 cm³/mol. The molecule has 0 aromatic carbocycles. The normalized spacial score (nSPS) is 31.3. The summed E-state index contributed by atoms with van der Waals surface area (Å²) in [4.78, 5) is 15.9. The highest BCUT2D eigenvalue weighted by atomic mass is 16.3. The first-order chi connectivity index (χ1) is 7.24. The molecule has 86 valence electrons. The summed E-state index contributed by atoms with van der Waals surface area (Å²) in [6, 6.07) is 0.175. The van der Waals surface area contributed by atoms with Gasteiger partial charge in [0.2, 0.25) is 0 Å². The summed E-state index contributed by atoms with van der Waals surface area (Å²) in [5.74, 6) is 0.432. The van der Waals surface area contributed by atoms with E-state index in [1.807, 2.05) is 9.80 Å². The highest BCUT2D eigenvalue weighted by molar-refractivity contribution is 5.75. The first-order valence-electron chi connectivity index (χ1n) is 5.90. The fraction of sp³-hybridized carbons (Fsp3) is 0.909. The molecule has 0 saturated carbocycles. The van der Waals surface area contributed by atoms with Crippen LogP contribution < -0.4 is 0 Å². The lowest BCUT2D eigenvalue weighted by atomic mass is 10.0. The highest BCUT2D eigenvalue weighted by Crippen LogP contribution is 2.25. The molecule has 0 aromatic rings. The molecular weight excluding hydrogens is 192 g/mol. The van der Waals surface area contributed by atoms with Gasteiger partial charge in [0.05, 0.1) is 12.6 Å². The van der Waals surface area contributed by atoms with Gasteiger partial charge in [0.15, 0.2) is 0 Å². The van der Waals surface area contributed by atoms with Crippen molar-refractivity contribution in [2.24, 2.45) is 5.92 Å². The number of aliphatic hydroxyl groups is 1. The van der Waals surface area contributed by atoms with Gasteiger partial charge in [-0.2, -0.15) is 0 Å². The van der Waals surface area contributed by atoms with Crippen LogP contribution in [-0.4, -0.2) is 53.2 Å². The fourth-order valence-electron chi connectivity index (χ4n) is 2.61. The maximum absolute atomic E-state index is 12.1. The van der Waals surface area contributed by atoms with Crippen molar-refractivity contribution in [3.8, 4) is 0 Å². The molecule has 2 fully saturated rings. The molecule has 0 radical (unpaired) electrons. The van der Waals surface area contributed by atoms with Crippen LogP contribution in [0.2, 0.25) is 0 Å². The molecule has 2 unspecified atom stereocenters. The fourth-order valence-corrected chi connectivity index (χ4v) is 2.61. The van der Waals surface area contributed by atoms with Crippen molar-refractivity contribution in [2.75, 3.05) is 26.2 Å². The number of hydrogen-bond donors (Lipinski definition) is 1. The van der Waals surface area contributed by atoms with E-state index >= 15 is 0 Å². The Bertz CT molecular complexity index is 239. The number of urea groups is 1. The topological polar surface area (TPSA) is 43.8 Å². The molecule has 0 aromatic heterocycles. The third-order valence-electron chi connectivity index (χ3n) is 3.69. The molecule has 2 saturated heterocycles. The van der Waals surface area contributed by atoms with E-state index in [9.17, 15) is 9.90 Å². The van der Waals surface area contributed by atoms with Gasteiger partial charge in [-0.15, -0.1) is 0 Å². The van der Waals surface area contributed by atoms with Crippen LogP contribution in [-0.2, 0) is 0 Å². The van der Waals surface area contributed by atoms with Crippen molar-refractivity contribution in [1.29, 1.82) is 0 Å². The van der Waals surface area contributed by atoms with Gasteiger partial charge in [-0.3, -0.25) is 0 Å². The number of aliphatic hydroxyl groups excluding tert-OH is 1. The van der Waals surface area contributed by atoms with Crippen molar-refractivity contribution in [2.45, 2.75) is 32.2 Å². The lowest BCUT2D eigenvalue weighted by Crippen LogP contribution is -2.46. The average molecular weight is 212 g/mol. The summed E-state index contributed by atoms with van der Waals surface area (Å²) in [5, 5.41) is 9.29. The molecule has 2 atom stereocenters. The molecule has 2 aliphatic heterocycles. The highest BCUT2D eigenvalue weighted by Gasteiger charge is 2.36. The Morgan fingerprint density at radius 2 is 2.00 bits per heavy atom. The van der Waals surface area contributed by atoms with Gasteiger partial charge in [-0.05, 0) is 25.2 Å². The zero-order valence-electron chi connectivity index (χ0n) is 9.35. The molecule has 2 rings (SSSR count). The first-order valence-corrected chi connectivity index (χ1v) is 5.90. The van der Waals surface area contributed by atoms with Gasteiger partial charge in [0.1, 0.15) is 0 Å². The molecule has 0 bridgehead atoms. The van der Waals surface area contributed by atoms with Gasteiger partial charge in [-0.1, -0.05) is 6.92 Å². The zero-order chi connectivity index (χ0) is 10.8. The van der Waals surface area contributed by atoms with Crippen molar-refractivity contribution >= 4 is 6.03 Å². The summed E-state index contributed by atoms with van der Waals surface area (Å²) in [6.07, 6.45) is 3.27. The van der Waals surface area contributed by atoms with Gasteiger partial charge in [0.25, 0.3) is 0 Å². The average Bonchev–Trinajstić information content (AvgIpc) is 2.85. The third kappa shape index (κ3) is 1.95. The van der Waals surface area contributed by atoms with Crippen molar-refractivity contribution in [3.63, 3.8) is 0 Å². The van der Waals surface area contributed by atoms with Gasteiger partial charge < -0.3 is 14.9 Å². The minimum Gasteiger partial charge on any atom is -0.394 e. The van der Waals surface area contributed by atoms with Crippen molar-refractivity contribution < 1.29 is 9.90 Å². The van der Waals surface area contributed by atoms with Crippen LogP contribution in [0.5, 0.6) is 0 Å². The number of likely N-dealkylation sites (tertiary alicyclic amines) is 2. The van der Waals surface area contributed by atoms with E-state index in [1.54, 1.807) is 0 Å². The Morgan fingerprint density at radius 1 is 1.33 bits per heavy atom. The summed E-state index contributed by atoms with van der Waals surface area (Å²) >= 11 is 0. The summed E-state index contributed by atoms with van der Waals surface area (Å²) in [6.45, 7) is 4.80. The molecule has 1 N–H and O–H groups in total. The number of carbonyl (C=O) groups excluding carboxylic acids is 1. The summed E-state index contributed by atoms with van der Waals surface area (Å²) < 4.78 is 0. The summed E-state index contributed by atoms with van der Waals surface area (Å²) in [5.41, 5.74) is 0. The molecule has 15 heavy (non-hydrogen) atoms. The largest absolute Gasteiger partial charge is 0.394 e. The van der Waals surface area contributed by atoms with Gasteiger partial charge in [-0.25, -0.2) is 4.79 Å². The van der Waals surface area contributed by atoms with Crippen molar-refractivity contribution in [1.82, 2.24) is 9.80 Å². The van der Waals surface area contributed by atoms with E-state index in [1.165, 1.54) is 0 Å². The first kappa shape index (κ1) is 10.7. The summed E-state index contributed by atoms with van der Waals surface area (Å²) in [7, 11) is 0. The Kier molecular flexibility index (Phi) is 3.14. The monoisotopic (exact) mass is 212 g/mol. The Hall–Kier alpha value is -0.770. The molecule has 2 aliphatic rings. The van der Waals surface area contributed by atoms with Crippen LogP contribution in [0, 0.1) is 5.92 Å². The second kappa shape index (κ2) is 4.39. The van der Waals surface area contributed by atoms with Crippen LogP contribution >= 0.6 is 0 Å². The smallest absolute Gasteiger partial charge is 0.320 e. The number of nitrogens with zero attached hydrogens (tertiary/aromatic N) is 2. The van der Waals surface area contributed by atoms with Crippen molar-refractivity contribution in [3.05, 3.63) is 0 Å². The Balaban J connectivity index is 2.00. The third-order valence-corrected chi connectivity index (χ3v) is 3.69. The standard InChI is InChI=1S/C11H20N2O2/c1-9-4-7-13(10(9)8-14)11(15)12-5-2-3-6-12/h9-10,14H,2-8H2,1H3. The molecule has 0 aliphatic carbocycles. The van der Waals surface area contributed by atoms with Gasteiger partial charge >= 0.3 is 6.03 Å². The number of rotatable bonds is 1. The lowest BCUT2D eigenvalue weighted by molar-refractivity contribution is 0.122. The second-order valence-corrected chi connectivity index (χ2v) is 4.69. The zero-order valence-corrected chi connectivity index (χ0v) is 9.35. The van der Waals surface area contributed by atoms with E-state index in [2.05, 4.69) is 6.92 Å². The maximum atomic E-state index is 12.1. The Labute approximate surface area is 90.9 Å². The molecule has 4 nitrogen and oxygen atoms in total.